The van der Waals surface area contributed by atoms with Gasteiger partial charge in [0.05, 0.1) is 42.7 Å². The summed E-state index contributed by atoms with van der Waals surface area (Å²) in [5.74, 6) is 1.32. The van der Waals surface area contributed by atoms with Crippen LogP contribution >= 0.6 is 0 Å². The van der Waals surface area contributed by atoms with Gasteiger partial charge in [0, 0.05) is 56.3 Å². The van der Waals surface area contributed by atoms with Crippen LogP contribution in [0.3, 0.4) is 0 Å². The van der Waals surface area contributed by atoms with Crippen LogP contribution in [-0.2, 0) is 9.47 Å². The summed E-state index contributed by atoms with van der Waals surface area (Å²) in [6, 6.07) is 19.0. The molecule has 0 atom stereocenters. The summed E-state index contributed by atoms with van der Waals surface area (Å²) >= 11 is 0. The quantitative estimate of drug-likeness (QED) is 0.439. The number of aromatic nitrogens is 2. The van der Waals surface area contributed by atoms with E-state index < -0.39 is 0 Å². The number of ether oxygens (including phenoxy) is 3. The van der Waals surface area contributed by atoms with Gasteiger partial charge in [-0.2, -0.15) is 5.26 Å². The van der Waals surface area contributed by atoms with Crippen molar-refractivity contribution < 1.29 is 14.2 Å². The van der Waals surface area contributed by atoms with E-state index in [9.17, 15) is 5.26 Å². The van der Waals surface area contributed by atoms with Crippen molar-refractivity contribution in [3.05, 3.63) is 60.4 Å². The number of benzene rings is 2. The Bertz CT molecular complexity index is 1320. The topological polar surface area (TPSA) is 95.8 Å². The Morgan fingerprint density at radius 3 is 2.35 bits per heavy atom. The van der Waals surface area contributed by atoms with Gasteiger partial charge in [0.1, 0.15) is 24.0 Å². The van der Waals surface area contributed by atoms with E-state index in [1.807, 2.05) is 24.3 Å². The highest BCUT2D eigenvalue weighted by molar-refractivity contribution is 5.68. The van der Waals surface area contributed by atoms with Crippen molar-refractivity contribution in [1.29, 1.82) is 5.26 Å². The molecule has 40 heavy (non-hydrogen) atoms. The molecular formula is C31H36N6O3. The first-order chi connectivity index (χ1) is 19.7. The molecule has 0 spiro atoms. The molecular weight excluding hydrogens is 504 g/mol. The number of nitrogens with one attached hydrogen (secondary N) is 1. The van der Waals surface area contributed by atoms with Crippen LogP contribution in [-0.4, -0.2) is 79.6 Å². The van der Waals surface area contributed by atoms with Gasteiger partial charge in [-0.15, -0.1) is 0 Å². The van der Waals surface area contributed by atoms with Gasteiger partial charge in [-0.1, -0.05) is 0 Å². The van der Waals surface area contributed by atoms with Crippen molar-refractivity contribution in [3.63, 3.8) is 0 Å². The van der Waals surface area contributed by atoms with Crippen LogP contribution in [0.2, 0.25) is 0 Å². The highest BCUT2D eigenvalue weighted by atomic mass is 16.5. The lowest BCUT2D eigenvalue weighted by atomic mass is 9.95. The molecule has 9 nitrogen and oxygen atoms in total. The Labute approximate surface area is 235 Å². The van der Waals surface area contributed by atoms with Gasteiger partial charge in [0.2, 0.25) is 0 Å². The van der Waals surface area contributed by atoms with E-state index in [0.717, 1.165) is 82.0 Å². The maximum absolute atomic E-state index is 9.81. The Hall–Kier alpha value is -3.71. The second-order valence-corrected chi connectivity index (χ2v) is 10.7. The summed E-state index contributed by atoms with van der Waals surface area (Å²) in [7, 11) is 1.76. The third-order valence-corrected chi connectivity index (χ3v) is 8.27. The zero-order valence-electron chi connectivity index (χ0n) is 23.0. The van der Waals surface area contributed by atoms with Gasteiger partial charge in [-0.25, -0.2) is 9.97 Å². The largest absolute Gasteiger partial charge is 0.489 e. The molecule has 0 radical (unpaired) electrons. The van der Waals surface area contributed by atoms with Crippen molar-refractivity contribution >= 4 is 17.2 Å². The summed E-state index contributed by atoms with van der Waals surface area (Å²) in [5.41, 5.74) is 4.30. The molecule has 3 heterocycles. The molecule has 3 fully saturated rings. The molecule has 9 heteroatoms. The normalized spacial score (nSPS) is 21.9. The lowest BCUT2D eigenvalue weighted by molar-refractivity contribution is -0.0660. The second kappa shape index (κ2) is 12.2. The SMILES string of the molecule is COC1CCC(Oc2ccc(-c3cc(Nc4ccc(N5CCN(C6COC6)CC5)cc4)ncn3)cc2C#N)CC1. The van der Waals surface area contributed by atoms with E-state index in [-0.39, 0.29) is 6.10 Å². The van der Waals surface area contributed by atoms with Crippen LogP contribution in [0.25, 0.3) is 11.3 Å². The molecule has 1 N–H and O–H groups in total. The van der Waals surface area contributed by atoms with Crippen LogP contribution in [0.1, 0.15) is 31.2 Å². The standard InChI is InChI=1S/C31H36N6O3/c1-38-27-7-9-28(10-8-27)40-30-11-2-22(16-23(30)18-32)29-17-31(34-21-33-29)35-24-3-5-25(6-4-24)36-12-14-37(15-13-36)26-19-39-20-26/h2-6,11,16-17,21,26-28H,7-10,12-15,19-20H2,1H3,(H,33,34,35). The fraction of sp³-hybridized carbons (Fsp3) is 0.452. The maximum Gasteiger partial charge on any atom is 0.137 e. The van der Waals surface area contributed by atoms with Crippen LogP contribution in [0.15, 0.2) is 54.9 Å². The Morgan fingerprint density at radius 2 is 1.68 bits per heavy atom. The first-order valence-corrected chi connectivity index (χ1v) is 14.2. The molecule has 208 valence electrons. The monoisotopic (exact) mass is 540 g/mol. The molecule has 2 aliphatic heterocycles. The number of piperazine rings is 1. The van der Waals surface area contributed by atoms with Crippen molar-refractivity contribution in [1.82, 2.24) is 14.9 Å². The molecule has 2 saturated heterocycles. The van der Waals surface area contributed by atoms with E-state index >= 15 is 0 Å². The van der Waals surface area contributed by atoms with Crippen LogP contribution in [0.4, 0.5) is 17.2 Å². The number of anilines is 3. The molecule has 1 aromatic heterocycles. The predicted molar refractivity (Wildman–Crippen MR) is 154 cm³/mol. The highest BCUT2D eigenvalue weighted by Crippen LogP contribution is 2.31. The minimum absolute atomic E-state index is 0.109. The molecule has 1 saturated carbocycles. The zero-order valence-corrected chi connectivity index (χ0v) is 23.0. The fourth-order valence-electron chi connectivity index (χ4n) is 5.71. The third kappa shape index (κ3) is 6.04. The lowest BCUT2D eigenvalue weighted by Gasteiger charge is -2.43. The number of rotatable bonds is 8. The number of methoxy groups -OCH3 is 1. The molecule has 3 aromatic rings. The predicted octanol–water partition coefficient (Wildman–Crippen LogP) is 4.62. The van der Waals surface area contributed by atoms with Gasteiger partial charge in [-0.05, 0) is 68.1 Å². The van der Waals surface area contributed by atoms with Gasteiger partial charge in [0.25, 0.3) is 0 Å². The summed E-state index contributed by atoms with van der Waals surface area (Å²) in [5, 5.41) is 13.2. The zero-order chi connectivity index (χ0) is 27.3. The van der Waals surface area contributed by atoms with Gasteiger partial charge in [0.15, 0.2) is 0 Å². The summed E-state index contributed by atoms with van der Waals surface area (Å²) in [6.07, 6.45) is 5.79. The Kier molecular flexibility index (Phi) is 8.09. The van der Waals surface area contributed by atoms with Crippen LogP contribution in [0, 0.1) is 11.3 Å². The van der Waals surface area contributed by atoms with Crippen molar-refractivity contribution in [3.8, 4) is 23.1 Å². The molecule has 0 bridgehead atoms. The number of nitriles is 1. The lowest BCUT2D eigenvalue weighted by Crippen LogP contribution is -2.56. The maximum atomic E-state index is 9.81. The Morgan fingerprint density at radius 1 is 0.925 bits per heavy atom. The average Bonchev–Trinajstić information content (AvgIpc) is 2.98. The number of hydrogen-bond acceptors (Lipinski definition) is 9. The van der Waals surface area contributed by atoms with Crippen molar-refractivity contribution in [2.45, 2.75) is 43.9 Å². The smallest absolute Gasteiger partial charge is 0.137 e. The average molecular weight is 541 g/mol. The first kappa shape index (κ1) is 26.5. The number of nitrogens with zero attached hydrogens (tertiary/aromatic N) is 5. The van der Waals surface area contributed by atoms with E-state index in [2.05, 4.69) is 55.4 Å². The number of hydrogen-bond donors (Lipinski definition) is 1. The van der Waals surface area contributed by atoms with E-state index in [1.165, 1.54) is 5.69 Å². The minimum atomic E-state index is 0.109. The van der Waals surface area contributed by atoms with Gasteiger partial charge in [-0.3, -0.25) is 4.90 Å². The molecule has 0 amide bonds. The molecule has 2 aromatic carbocycles. The fourth-order valence-corrected chi connectivity index (χ4v) is 5.71. The van der Waals surface area contributed by atoms with Gasteiger partial charge >= 0.3 is 0 Å². The Balaban J connectivity index is 1.08. The van der Waals surface area contributed by atoms with Crippen molar-refractivity contribution in [2.24, 2.45) is 0 Å². The molecule has 6 rings (SSSR count). The molecule has 3 aliphatic rings. The summed E-state index contributed by atoms with van der Waals surface area (Å²) in [4.78, 5) is 13.8. The summed E-state index contributed by atoms with van der Waals surface area (Å²) in [6.45, 7) is 5.97. The molecule has 1 aliphatic carbocycles. The minimum Gasteiger partial charge on any atom is -0.489 e. The second-order valence-electron chi connectivity index (χ2n) is 10.7. The highest BCUT2D eigenvalue weighted by Gasteiger charge is 2.29. The molecule has 0 unspecified atom stereocenters. The van der Waals surface area contributed by atoms with Gasteiger partial charge < -0.3 is 24.4 Å². The van der Waals surface area contributed by atoms with Crippen LogP contribution in [0.5, 0.6) is 5.75 Å². The summed E-state index contributed by atoms with van der Waals surface area (Å²) < 4.78 is 17.0. The van der Waals surface area contributed by atoms with Crippen molar-refractivity contribution in [2.75, 3.05) is 56.7 Å². The van der Waals surface area contributed by atoms with Crippen LogP contribution < -0.4 is 15.0 Å². The van der Waals surface area contributed by atoms with E-state index in [4.69, 9.17) is 14.2 Å². The van der Waals surface area contributed by atoms with E-state index in [1.54, 1.807) is 13.4 Å². The first-order valence-electron chi connectivity index (χ1n) is 14.2. The third-order valence-electron chi connectivity index (χ3n) is 8.27. The van der Waals surface area contributed by atoms with E-state index in [0.29, 0.717) is 29.3 Å².